The van der Waals surface area contributed by atoms with E-state index in [-0.39, 0.29) is 1.43 Å². The van der Waals surface area contributed by atoms with Crippen LogP contribution in [0, 0.1) is 5.41 Å². The van der Waals surface area contributed by atoms with Crippen LogP contribution in [0.3, 0.4) is 0 Å². The molecule has 0 unspecified atom stereocenters. The zero-order chi connectivity index (χ0) is 9.80. The van der Waals surface area contributed by atoms with Gasteiger partial charge in [0.2, 0.25) is 0 Å². The van der Waals surface area contributed by atoms with Crippen molar-refractivity contribution in [2.45, 2.75) is 6.42 Å². The molecule has 0 spiro atoms. The van der Waals surface area contributed by atoms with Crippen molar-refractivity contribution in [3.05, 3.63) is 57.8 Å². The molecule has 0 saturated heterocycles. The van der Waals surface area contributed by atoms with Gasteiger partial charge in [-0.05, 0) is 17.5 Å². The normalized spacial score (nSPS) is 10.0. The smallest absolute Gasteiger partial charge is 0.283 e. The molecule has 0 amide bonds. The van der Waals surface area contributed by atoms with Crippen LogP contribution in [0.2, 0.25) is 0 Å². The van der Waals surface area contributed by atoms with E-state index < -0.39 is 0 Å². The zero-order valence-corrected chi connectivity index (χ0v) is 8.42. The van der Waals surface area contributed by atoms with Crippen LogP contribution in [0.4, 0.5) is 0 Å². The number of hydrogen-bond acceptors (Lipinski definition) is 3. The molecule has 2 heterocycles. The van der Waals surface area contributed by atoms with Crippen LogP contribution in [0.15, 0.2) is 41.9 Å². The summed E-state index contributed by atoms with van der Waals surface area (Å²) >= 11 is 1.71. The lowest BCUT2D eigenvalue weighted by Gasteiger charge is -1.93. The Morgan fingerprint density at radius 1 is 1.29 bits per heavy atom. The highest BCUT2D eigenvalue weighted by Gasteiger charge is 1.98. The molecule has 1 N–H and O–H groups in total. The molecule has 0 atom stereocenters. The maximum atomic E-state index is 7.69. The lowest BCUT2D eigenvalue weighted by molar-refractivity contribution is 1.04. The van der Waals surface area contributed by atoms with Crippen molar-refractivity contribution < 1.29 is 1.43 Å². The van der Waals surface area contributed by atoms with Gasteiger partial charge >= 0.3 is 1.43 Å². The van der Waals surface area contributed by atoms with Gasteiger partial charge in [0.05, 0.1) is 0 Å². The molecule has 0 fully saturated rings. The van der Waals surface area contributed by atoms with Crippen LogP contribution < -0.4 is 5.49 Å². The van der Waals surface area contributed by atoms with Crippen molar-refractivity contribution in [1.82, 2.24) is 4.98 Å². The average molecular weight is 203 g/mol. The fraction of sp³-hybridized carbons (Fsp3) is 0.0909. The van der Waals surface area contributed by atoms with Gasteiger partial charge in [-0.25, -0.2) is 4.98 Å². The molecule has 0 aliphatic rings. The number of nitrogens with one attached hydrogen (secondary N) is 1. The van der Waals surface area contributed by atoms with E-state index in [1.165, 1.54) is 4.88 Å². The average Bonchev–Trinajstić information content (AvgIpc) is 2.60. The molecule has 2 aromatic heterocycles. The highest BCUT2D eigenvalue weighted by Crippen LogP contribution is 2.11. The molecule has 0 radical (unpaired) electrons. The molecule has 2 aromatic rings. The molecule has 0 aliphatic heterocycles. The van der Waals surface area contributed by atoms with E-state index in [4.69, 9.17) is 5.41 Å². The van der Waals surface area contributed by atoms with Crippen LogP contribution >= 0.6 is 11.3 Å². The zero-order valence-electron chi connectivity index (χ0n) is 8.60. The van der Waals surface area contributed by atoms with Crippen LogP contribution in [0.25, 0.3) is 0 Å². The van der Waals surface area contributed by atoms with Crippen molar-refractivity contribution in [2.75, 3.05) is 0 Å². The number of rotatable bonds is 2. The summed E-state index contributed by atoms with van der Waals surface area (Å²) in [5.74, 6) is 0. The summed E-state index contributed by atoms with van der Waals surface area (Å²) < 4.78 is 0. The summed E-state index contributed by atoms with van der Waals surface area (Å²) in [6.45, 7) is 0. The lowest BCUT2D eigenvalue weighted by Crippen LogP contribution is -2.08. The summed E-state index contributed by atoms with van der Waals surface area (Å²) in [5, 5.41) is 9.74. The van der Waals surface area contributed by atoms with Crippen LogP contribution in [-0.2, 0) is 6.42 Å². The van der Waals surface area contributed by atoms with Crippen LogP contribution in [-0.4, -0.2) is 4.98 Å². The van der Waals surface area contributed by atoms with Crippen LogP contribution in [0.1, 0.15) is 11.9 Å². The highest BCUT2D eigenvalue weighted by atomic mass is 32.1. The van der Waals surface area contributed by atoms with E-state index in [2.05, 4.69) is 16.4 Å². The minimum Gasteiger partial charge on any atom is -0.283 e. The predicted octanol–water partition coefficient (Wildman–Crippen LogP) is 2.33. The number of aromatic nitrogens is 1. The van der Waals surface area contributed by atoms with Gasteiger partial charge in [0.15, 0.2) is 0 Å². The molecule has 0 bridgehead atoms. The second-order valence-electron chi connectivity index (χ2n) is 2.96. The van der Waals surface area contributed by atoms with Crippen molar-refractivity contribution in [1.29, 1.82) is 5.41 Å². The van der Waals surface area contributed by atoms with Crippen LogP contribution in [0.5, 0.6) is 0 Å². The van der Waals surface area contributed by atoms with Gasteiger partial charge in [-0.2, -0.15) is 0 Å². The first-order valence-electron chi connectivity index (χ1n) is 4.37. The topological polar surface area (TPSA) is 36.7 Å². The Bertz CT molecular complexity index is 468. The number of thiophene rings is 1. The quantitative estimate of drug-likeness (QED) is 0.799. The van der Waals surface area contributed by atoms with Gasteiger partial charge in [0.25, 0.3) is 0 Å². The molecule has 2 rings (SSSR count). The van der Waals surface area contributed by atoms with Gasteiger partial charge in [-0.15, -0.1) is 11.3 Å². The van der Waals surface area contributed by atoms with Gasteiger partial charge in [-0.3, -0.25) is 5.41 Å². The van der Waals surface area contributed by atoms with E-state index in [0.29, 0.717) is 5.49 Å². The number of nitrogens with zero attached hydrogens (tertiary/aromatic N) is 1. The summed E-state index contributed by atoms with van der Waals surface area (Å²) in [6.07, 6.45) is 2.46. The first-order chi connectivity index (χ1) is 6.86. The SMILES string of the molecule is N=c1nccccc1Cc1cccs1.[H+]. The first-order valence-corrected chi connectivity index (χ1v) is 5.25. The molecule has 70 valence electrons. The Balaban J connectivity index is 0.00000112. The van der Waals surface area contributed by atoms with Gasteiger partial charge < -0.3 is 0 Å². The molecular formula is C11H11N2S+. The Hall–Kier alpha value is -1.48. The Morgan fingerprint density at radius 2 is 2.21 bits per heavy atom. The Kier molecular flexibility index (Phi) is 2.70. The molecule has 0 saturated carbocycles. The molecule has 0 aliphatic carbocycles. The fourth-order valence-electron chi connectivity index (χ4n) is 1.24. The summed E-state index contributed by atoms with van der Waals surface area (Å²) in [4.78, 5) is 5.26. The summed E-state index contributed by atoms with van der Waals surface area (Å²) in [5.41, 5.74) is 1.33. The predicted molar refractivity (Wildman–Crippen MR) is 58.3 cm³/mol. The Labute approximate surface area is 87.9 Å². The third-order valence-electron chi connectivity index (χ3n) is 1.95. The highest BCUT2D eigenvalue weighted by molar-refractivity contribution is 7.09. The molecule has 0 aromatic carbocycles. The minimum absolute atomic E-state index is 0. The molecule has 3 heteroatoms. The fourth-order valence-corrected chi connectivity index (χ4v) is 1.97. The molecule has 2 nitrogen and oxygen atoms in total. The van der Waals surface area contributed by atoms with Crippen molar-refractivity contribution in [3.63, 3.8) is 0 Å². The monoisotopic (exact) mass is 203 g/mol. The van der Waals surface area contributed by atoms with Gasteiger partial charge in [0, 0.05) is 23.1 Å². The lowest BCUT2D eigenvalue weighted by atomic mass is 10.2. The largest absolute Gasteiger partial charge is 1.00 e. The van der Waals surface area contributed by atoms with E-state index in [1.807, 2.05) is 24.3 Å². The Morgan fingerprint density at radius 3 is 3.00 bits per heavy atom. The standard InChI is InChI=1S/C11H10N2S/c12-11-9(4-1-2-6-13-11)8-10-5-3-7-14-10/h1-7,12H,8H2/p+1. The minimum atomic E-state index is 0. The summed E-state index contributed by atoms with van der Waals surface area (Å²) in [6, 6.07) is 9.83. The third kappa shape index (κ3) is 2.06. The first kappa shape index (κ1) is 9.09. The van der Waals surface area contributed by atoms with E-state index in [0.717, 1.165) is 12.0 Å². The van der Waals surface area contributed by atoms with Crippen molar-refractivity contribution in [2.24, 2.45) is 0 Å². The van der Waals surface area contributed by atoms with E-state index in [1.54, 1.807) is 17.5 Å². The molecular weight excluding hydrogens is 192 g/mol. The molecule has 14 heavy (non-hydrogen) atoms. The second kappa shape index (κ2) is 4.15. The second-order valence-corrected chi connectivity index (χ2v) is 3.99. The van der Waals surface area contributed by atoms with Gasteiger partial charge in [-0.1, -0.05) is 18.2 Å². The van der Waals surface area contributed by atoms with Crippen molar-refractivity contribution >= 4 is 11.3 Å². The maximum absolute atomic E-state index is 7.69. The van der Waals surface area contributed by atoms with Gasteiger partial charge in [0.1, 0.15) is 5.49 Å². The number of hydrogen-bond donors (Lipinski definition) is 1. The van der Waals surface area contributed by atoms with E-state index in [9.17, 15) is 0 Å². The third-order valence-corrected chi connectivity index (χ3v) is 2.82. The van der Waals surface area contributed by atoms with Crippen molar-refractivity contribution in [3.8, 4) is 0 Å². The summed E-state index contributed by atoms with van der Waals surface area (Å²) in [7, 11) is 0. The maximum Gasteiger partial charge on any atom is 1.00 e. The van der Waals surface area contributed by atoms with E-state index >= 15 is 0 Å².